The highest BCUT2D eigenvalue weighted by Gasteiger charge is 2.49. The molecule has 0 fully saturated rings. The van der Waals surface area contributed by atoms with Crippen LogP contribution in [0.25, 0.3) is 0 Å². The quantitative estimate of drug-likeness (QED) is 0.496. The maximum Gasteiger partial charge on any atom is 0.162 e. The summed E-state index contributed by atoms with van der Waals surface area (Å²) in [5.41, 5.74) is 4.56. The summed E-state index contributed by atoms with van der Waals surface area (Å²) in [7, 11) is 1.63. The monoisotopic (exact) mass is 473 g/mol. The topological polar surface area (TPSA) is 46.6 Å². The number of halogens is 1. The molecule has 0 N–H and O–H groups in total. The molecule has 0 spiro atoms. The average Bonchev–Trinajstić information content (AvgIpc) is 2.77. The van der Waals surface area contributed by atoms with Crippen molar-refractivity contribution >= 4 is 17.3 Å². The van der Waals surface area contributed by atoms with Crippen molar-refractivity contribution in [1.29, 1.82) is 0 Å². The molecule has 5 rings (SSSR count). The van der Waals surface area contributed by atoms with Crippen LogP contribution in [0.5, 0.6) is 5.75 Å². The molecule has 35 heavy (non-hydrogen) atoms. The first-order chi connectivity index (χ1) is 16.5. The summed E-state index contributed by atoms with van der Waals surface area (Å²) >= 11 is 0. The lowest BCUT2D eigenvalue weighted by Gasteiger charge is -2.49. The summed E-state index contributed by atoms with van der Waals surface area (Å²) in [4.78, 5) is 29.7. The highest BCUT2D eigenvalue weighted by Crippen LogP contribution is 2.55. The number of hydrogen-bond acceptors (Lipinski definition) is 4. The van der Waals surface area contributed by atoms with E-state index in [1.54, 1.807) is 19.2 Å². The molecule has 5 heteroatoms. The number of methoxy groups -OCH3 is 1. The minimum atomic E-state index is -0.470. The predicted octanol–water partition coefficient (Wildman–Crippen LogP) is 6.72. The molecule has 0 bridgehead atoms. The van der Waals surface area contributed by atoms with Crippen molar-refractivity contribution in [3.63, 3.8) is 0 Å². The molecular weight excluding hydrogens is 441 g/mol. The second-order valence-corrected chi connectivity index (χ2v) is 11.6. The molecular formula is C30H32FNO3. The molecule has 1 aliphatic heterocycles. The molecule has 2 aromatic carbocycles. The van der Waals surface area contributed by atoms with Gasteiger partial charge in [0.1, 0.15) is 11.6 Å². The molecule has 4 nitrogen and oxygen atoms in total. The Bertz CT molecular complexity index is 1210. The largest absolute Gasteiger partial charge is 0.497 e. The fourth-order valence-corrected chi connectivity index (χ4v) is 6.00. The van der Waals surface area contributed by atoms with Crippen molar-refractivity contribution in [2.45, 2.75) is 59.3 Å². The van der Waals surface area contributed by atoms with Gasteiger partial charge < -0.3 is 9.64 Å². The first kappa shape index (κ1) is 23.5. The molecule has 0 radical (unpaired) electrons. The Morgan fingerprint density at radius 2 is 1.26 bits per heavy atom. The molecule has 0 amide bonds. The number of rotatable bonds is 3. The summed E-state index contributed by atoms with van der Waals surface area (Å²) < 4.78 is 19.2. The summed E-state index contributed by atoms with van der Waals surface area (Å²) in [5.74, 6) is 0.0716. The van der Waals surface area contributed by atoms with Crippen molar-refractivity contribution in [2.24, 2.45) is 10.8 Å². The lowest BCUT2D eigenvalue weighted by molar-refractivity contribution is -0.119. The van der Waals surface area contributed by atoms with Gasteiger partial charge in [-0.2, -0.15) is 0 Å². The van der Waals surface area contributed by atoms with Crippen molar-refractivity contribution in [3.05, 3.63) is 82.5 Å². The summed E-state index contributed by atoms with van der Waals surface area (Å²) in [6.45, 7) is 8.47. The smallest absolute Gasteiger partial charge is 0.162 e. The molecule has 2 aromatic rings. The Kier molecular flexibility index (Phi) is 5.50. The van der Waals surface area contributed by atoms with E-state index in [4.69, 9.17) is 4.74 Å². The van der Waals surface area contributed by atoms with Gasteiger partial charge in [-0.3, -0.25) is 9.59 Å². The number of ketones is 2. The normalized spacial score (nSPS) is 21.7. The number of nitrogens with zero attached hydrogens (tertiary/aromatic N) is 1. The highest BCUT2D eigenvalue weighted by molar-refractivity contribution is 6.08. The summed E-state index contributed by atoms with van der Waals surface area (Å²) in [6.07, 6.45) is 2.26. The van der Waals surface area contributed by atoms with Crippen LogP contribution in [0.1, 0.15) is 64.9 Å². The Morgan fingerprint density at radius 1 is 0.771 bits per heavy atom. The van der Waals surface area contributed by atoms with Gasteiger partial charge in [0.15, 0.2) is 11.6 Å². The minimum absolute atomic E-state index is 0.0632. The Labute approximate surface area is 206 Å². The second-order valence-electron chi connectivity index (χ2n) is 11.6. The van der Waals surface area contributed by atoms with Crippen molar-refractivity contribution in [3.8, 4) is 5.75 Å². The maximum absolute atomic E-state index is 13.8. The lowest BCUT2D eigenvalue weighted by atomic mass is 9.63. The van der Waals surface area contributed by atoms with Gasteiger partial charge in [0.2, 0.25) is 0 Å². The number of allylic oxidation sites excluding steroid dienone is 4. The zero-order valence-electron chi connectivity index (χ0n) is 21.1. The highest BCUT2D eigenvalue weighted by atomic mass is 19.1. The van der Waals surface area contributed by atoms with E-state index in [1.807, 2.05) is 24.3 Å². The van der Waals surface area contributed by atoms with Crippen LogP contribution in [-0.2, 0) is 9.59 Å². The van der Waals surface area contributed by atoms with E-state index in [9.17, 15) is 14.0 Å². The zero-order valence-corrected chi connectivity index (χ0v) is 21.1. The number of benzene rings is 2. The van der Waals surface area contributed by atoms with Gasteiger partial charge >= 0.3 is 0 Å². The number of carbonyl (C=O) groups is 2. The van der Waals surface area contributed by atoms with Gasteiger partial charge in [-0.25, -0.2) is 4.39 Å². The van der Waals surface area contributed by atoms with E-state index in [2.05, 4.69) is 32.6 Å². The van der Waals surface area contributed by atoms with Gasteiger partial charge in [-0.15, -0.1) is 0 Å². The molecule has 3 aliphatic rings. The van der Waals surface area contributed by atoms with Gasteiger partial charge in [0, 0.05) is 47.0 Å². The fourth-order valence-electron chi connectivity index (χ4n) is 6.00. The summed E-state index contributed by atoms with van der Waals surface area (Å²) in [5, 5.41) is 0. The molecule has 0 atom stereocenters. The van der Waals surface area contributed by atoms with E-state index in [1.165, 1.54) is 12.1 Å². The van der Waals surface area contributed by atoms with Crippen molar-refractivity contribution in [2.75, 3.05) is 12.0 Å². The molecule has 182 valence electrons. The van der Waals surface area contributed by atoms with Gasteiger partial charge in [-0.1, -0.05) is 39.8 Å². The van der Waals surface area contributed by atoms with Crippen LogP contribution in [0.4, 0.5) is 10.1 Å². The van der Waals surface area contributed by atoms with Gasteiger partial charge in [-0.05, 0) is 65.6 Å². The van der Waals surface area contributed by atoms with E-state index < -0.39 is 5.92 Å². The van der Waals surface area contributed by atoms with Crippen LogP contribution in [-0.4, -0.2) is 18.7 Å². The van der Waals surface area contributed by atoms with Crippen LogP contribution < -0.4 is 9.64 Å². The van der Waals surface area contributed by atoms with Gasteiger partial charge in [0.25, 0.3) is 0 Å². The number of ether oxygens (including phenoxy) is 1. The third kappa shape index (κ3) is 4.11. The van der Waals surface area contributed by atoms with E-state index in [0.29, 0.717) is 36.8 Å². The third-order valence-electron chi connectivity index (χ3n) is 7.44. The Hall–Kier alpha value is -3.21. The summed E-state index contributed by atoms with van der Waals surface area (Å²) in [6, 6.07) is 14.1. The molecule has 1 heterocycles. The Morgan fingerprint density at radius 3 is 1.71 bits per heavy atom. The molecule has 2 aliphatic carbocycles. The van der Waals surface area contributed by atoms with Crippen LogP contribution in [0, 0.1) is 16.6 Å². The number of Topliss-reactive ketones (excluding diaryl/α,β-unsaturated/α-hetero) is 2. The zero-order chi connectivity index (χ0) is 25.1. The predicted molar refractivity (Wildman–Crippen MR) is 135 cm³/mol. The maximum atomic E-state index is 13.8. The van der Waals surface area contributed by atoms with Crippen molar-refractivity contribution in [1.82, 2.24) is 0 Å². The van der Waals surface area contributed by atoms with Crippen LogP contribution in [0.2, 0.25) is 0 Å². The average molecular weight is 474 g/mol. The van der Waals surface area contributed by atoms with E-state index in [-0.39, 0.29) is 28.2 Å². The van der Waals surface area contributed by atoms with Crippen LogP contribution in [0.3, 0.4) is 0 Å². The minimum Gasteiger partial charge on any atom is -0.497 e. The standard InChI is InChI=1S/C30H32FNO3/c1-29(2)14-22-27(24(33)16-29)26(18-6-8-19(31)9-7-18)28-23(15-30(3,4)17-25(28)34)32(22)20-10-12-21(35-5)13-11-20/h6-13,26H,14-17H2,1-5H3. The number of carbonyl (C=O) groups excluding carboxylic acids is 2. The SMILES string of the molecule is COc1ccc(N2C3=C(C(=O)CC(C)(C)C3)C(c3ccc(F)cc3)C3=C2CC(C)(C)CC3=O)cc1. The first-order valence-corrected chi connectivity index (χ1v) is 12.2. The third-order valence-corrected chi connectivity index (χ3v) is 7.44. The molecule has 0 saturated carbocycles. The molecule has 0 saturated heterocycles. The van der Waals surface area contributed by atoms with Gasteiger partial charge in [0.05, 0.1) is 7.11 Å². The molecule has 0 unspecified atom stereocenters. The van der Waals surface area contributed by atoms with Crippen molar-refractivity contribution < 1.29 is 18.7 Å². The van der Waals surface area contributed by atoms with E-state index >= 15 is 0 Å². The first-order valence-electron chi connectivity index (χ1n) is 12.2. The second kappa shape index (κ2) is 8.18. The fraction of sp³-hybridized carbons (Fsp3) is 0.400. The number of hydrogen-bond donors (Lipinski definition) is 0. The van der Waals surface area contributed by atoms with Crippen LogP contribution in [0.15, 0.2) is 71.1 Å². The van der Waals surface area contributed by atoms with E-state index in [0.717, 1.165) is 28.4 Å². The number of anilines is 1. The van der Waals surface area contributed by atoms with Crippen LogP contribution >= 0.6 is 0 Å². The Balaban J connectivity index is 1.80. The lowest BCUT2D eigenvalue weighted by Crippen LogP contribution is -2.44. The molecule has 0 aromatic heterocycles.